The van der Waals surface area contributed by atoms with Gasteiger partial charge in [0.05, 0.1) is 6.04 Å². The minimum atomic E-state index is -0.216. The molecule has 0 fully saturated rings. The molecule has 3 aromatic rings. The van der Waals surface area contributed by atoms with Gasteiger partial charge < -0.3 is 5.32 Å². The van der Waals surface area contributed by atoms with Crippen molar-refractivity contribution in [3.05, 3.63) is 87.8 Å². The predicted octanol–water partition coefficient (Wildman–Crippen LogP) is 2.93. The molecular formula is C18H18N4O. The van der Waals surface area contributed by atoms with E-state index < -0.39 is 0 Å². The molecular weight excluding hydrogens is 288 g/mol. The lowest BCUT2D eigenvalue weighted by atomic mass is 10.1. The standard InChI is InChI=1S/C18H18N4O/c1-13(15-10-6-3-7-11-15)19-18-20-17(23)16(21-22-18)12-14-8-4-2-5-9-14/h2-11,13H,12H2,1H3,(H2,19,20,22,23)/t13-/m0/s1. The zero-order valence-corrected chi connectivity index (χ0v) is 12.9. The van der Waals surface area contributed by atoms with Gasteiger partial charge in [-0.15, -0.1) is 10.2 Å². The molecule has 0 spiro atoms. The molecule has 3 rings (SSSR count). The van der Waals surface area contributed by atoms with Gasteiger partial charge in [-0.25, -0.2) is 0 Å². The molecule has 5 nitrogen and oxygen atoms in total. The summed E-state index contributed by atoms with van der Waals surface area (Å²) in [7, 11) is 0. The van der Waals surface area contributed by atoms with E-state index in [0.717, 1.165) is 11.1 Å². The lowest BCUT2D eigenvalue weighted by Crippen LogP contribution is -2.21. The van der Waals surface area contributed by atoms with E-state index in [0.29, 0.717) is 18.1 Å². The highest BCUT2D eigenvalue weighted by molar-refractivity contribution is 5.30. The first-order valence-corrected chi connectivity index (χ1v) is 7.53. The molecule has 2 aromatic carbocycles. The summed E-state index contributed by atoms with van der Waals surface area (Å²) in [5.41, 5.74) is 2.34. The minimum absolute atomic E-state index is 0.0288. The van der Waals surface area contributed by atoms with Gasteiger partial charge in [0, 0.05) is 6.42 Å². The van der Waals surface area contributed by atoms with Gasteiger partial charge in [0.15, 0.2) is 0 Å². The molecule has 0 bridgehead atoms. The molecule has 0 aliphatic rings. The molecule has 0 saturated heterocycles. The third-order valence-electron chi connectivity index (χ3n) is 3.63. The van der Waals surface area contributed by atoms with Crippen molar-refractivity contribution in [3.63, 3.8) is 0 Å². The van der Waals surface area contributed by atoms with Crippen molar-refractivity contribution in [2.45, 2.75) is 19.4 Å². The van der Waals surface area contributed by atoms with Crippen LogP contribution in [0.2, 0.25) is 0 Å². The molecule has 0 aliphatic heterocycles. The molecule has 0 unspecified atom stereocenters. The number of nitrogens with zero attached hydrogens (tertiary/aromatic N) is 2. The lowest BCUT2D eigenvalue weighted by molar-refractivity contribution is 0.811. The topological polar surface area (TPSA) is 70.7 Å². The lowest BCUT2D eigenvalue weighted by Gasteiger charge is -2.14. The van der Waals surface area contributed by atoms with Crippen LogP contribution < -0.4 is 10.9 Å². The van der Waals surface area contributed by atoms with Crippen LogP contribution in [0.15, 0.2) is 65.5 Å². The maximum Gasteiger partial charge on any atom is 0.274 e. The zero-order valence-electron chi connectivity index (χ0n) is 12.9. The van der Waals surface area contributed by atoms with E-state index in [-0.39, 0.29) is 11.6 Å². The van der Waals surface area contributed by atoms with Gasteiger partial charge >= 0.3 is 0 Å². The van der Waals surface area contributed by atoms with Crippen LogP contribution >= 0.6 is 0 Å². The third kappa shape index (κ3) is 3.83. The third-order valence-corrected chi connectivity index (χ3v) is 3.63. The van der Waals surface area contributed by atoms with E-state index in [1.54, 1.807) is 0 Å². The average molecular weight is 306 g/mol. The van der Waals surface area contributed by atoms with Gasteiger partial charge in [0.2, 0.25) is 5.95 Å². The molecule has 23 heavy (non-hydrogen) atoms. The Bertz CT molecular complexity index is 815. The Morgan fingerprint density at radius 2 is 1.65 bits per heavy atom. The summed E-state index contributed by atoms with van der Waals surface area (Å²) >= 11 is 0. The number of hydrogen-bond donors (Lipinski definition) is 2. The fraction of sp³-hybridized carbons (Fsp3) is 0.167. The molecule has 2 N–H and O–H groups in total. The molecule has 116 valence electrons. The molecule has 1 heterocycles. The van der Waals surface area contributed by atoms with Gasteiger partial charge in [0.1, 0.15) is 5.69 Å². The molecule has 1 aromatic heterocycles. The number of rotatable bonds is 5. The van der Waals surface area contributed by atoms with E-state index in [4.69, 9.17) is 0 Å². The molecule has 1 atom stereocenters. The second-order valence-electron chi connectivity index (χ2n) is 5.39. The average Bonchev–Trinajstić information content (AvgIpc) is 2.59. The number of aromatic amines is 1. The summed E-state index contributed by atoms with van der Waals surface area (Å²) < 4.78 is 0. The highest BCUT2D eigenvalue weighted by Gasteiger charge is 2.09. The molecule has 0 radical (unpaired) electrons. The Kier molecular flexibility index (Phi) is 4.47. The first-order valence-electron chi connectivity index (χ1n) is 7.53. The predicted molar refractivity (Wildman–Crippen MR) is 90.4 cm³/mol. The van der Waals surface area contributed by atoms with Crippen LogP contribution in [0.1, 0.15) is 29.8 Å². The van der Waals surface area contributed by atoms with Crippen LogP contribution in [0, 0.1) is 0 Å². The van der Waals surface area contributed by atoms with E-state index >= 15 is 0 Å². The summed E-state index contributed by atoms with van der Waals surface area (Å²) in [6, 6.07) is 19.7. The maximum absolute atomic E-state index is 12.2. The minimum Gasteiger partial charge on any atom is -0.348 e. The van der Waals surface area contributed by atoms with Crippen molar-refractivity contribution >= 4 is 5.95 Å². The molecule has 0 aliphatic carbocycles. The molecule has 0 saturated carbocycles. The highest BCUT2D eigenvalue weighted by Crippen LogP contribution is 2.15. The summed E-state index contributed by atoms with van der Waals surface area (Å²) in [5, 5.41) is 11.3. The maximum atomic E-state index is 12.2. The van der Waals surface area contributed by atoms with Crippen molar-refractivity contribution < 1.29 is 0 Å². The number of hydrogen-bond acceptors (Lipinski definition) is 4. The quantitative estimate of drug-likeness (QED) is 0.760. The van der Waals surface area contributed by atoms with E-state index in [2.05, 4.69) is 20.5 Å². The fourth-order valence-electron chi connectivity index (χ4n) is 2.36. The Morgan fingerprint density at radius 1 is 1.00 bits per heavy atom. The Morgan fingerprint density at radius 3 is 2.30 bits per heavy atom. The Balaban J connectivity index is 1.73. The number of nitrogens with one attached hydrogen (secondary N) is 2. The van der Waals surface area contributed by atoms with Gasteiger partial charge in [0.25, 0.3) is 5.56 Å². The highest BCUT2D eigenvalue weighted by atomic mass is 16.1. The SMILES string of the molecule is C[C@H](Nc1nnc(Cc2ccccc2)c(=O)[nH]1)c1ccccc1. The van der Waals surface area contributed by atoms with Crippen molar-refractivity contribution in [2.24, 2.45) is 0 Å². The van der Waals surface area contributed by atoms with Crippen molar-refractivity contribution in [1.82, 2.24) is 15.2 Å². The number of H-pyrrole nitrogens is 1. The Labute approximate surface area is 134 Å². The van der Waals surface area contributed by atoms with Crippen LogP contribution in [0.25, 0.3) is 0 Å². The second-order valence-corrected chi connectivity index (χ2v) is 5.39. The number of aromatic nitrogens is 3. The van der Waals surface area contributed by atoms with Crippen molar-refractivity contribution in [2.75, 3.05) is 5.32 Å². The van der Waals surface area contributed by atoms with Gasteiger partial charge in [-0.2, -0.15) is 0 Å². The zero-order chi connectivity index (χ0) is 16.1. The first kappa shape index (κ1) is 15.0. The van der Waals surface area contributed by atoms with Crippen LogP contribution in [-0.2, 0) is 6.42 Å². The number of benzene rings is 2. The van der Waals surface area contributed by atoms with E-state index in [9.17, 15) is 4.79 Å². The van der Waals surface area contributed by atoms with Gasteiger partial charge in [-0.05, 0) is 18.1 Å². The van der Waals surface area contributed by atoms with Crippen LogP contribution in [-0.4, -0.2) is 15.2 Å². The molecule has 0 amide bonds. The monoisotopic (exact) mass is 306 g/mol. The van der Waals surface area contributed by atoms with E-state index in [1.165, 1.54) is 0 Å². The van der Waals surface area contributed by atoms with Gasteiger partial charge in [-0.3, -0.25) is 9.78 Å². The Hall–Kier alpha value is -2.95. The normalized spacial score (nSPS) is 11.9. The summed E-state index contributed by atoms with van der Waals surface area (Å²) in [5.74, 6) is 0.378. The summed E-state index contributed by atoms with van der Waals surface area (Å²) in [6.07, 6.45) is 0.470. The van der Waals surface area contributed by atoms with Gasteiger partial charge in [-0.1, -0.05) is 60.7 Å². The first-order chi connectivity index (χ1) is 11.2. The van der Waals surface area contributed by atoms with Crippen LogP contribution in [0.5, 0.6) is 0 Å². The molecule has 5 heteroatoms. The summed E-state index contributed by atoms with van der Waals surface area (Å²) in [4.78, 5) is 14.9. The smallest absolute Gasteiger partial charge is 0.274 e. The van der Waals surface area contributed by atoms with Crippen molar-refractivity contribution in [1.29, 1.82) is 0 Å². The van der Waals surface area contributed by atoms with E-state index in [1.807, 2.05) is 67.6 Å². The fourth-order valence-corrected chi connectivity index (χ4v) is 2.36. The van der Waals surface area contributed by atoms with Crippen LogP contribution in [0.3, 0.4) is 0 Å². The largest absolute Gasteiger partial charge is 0.348 e. The van der Waals surface area contributed by atoms with Crippen LogP contribution in [0.4, 0.5) is 5.95 Å². The number of anilines is 1. The second kappa shape index (κ2) is 6.87. The summed E-state index contributed by atoms with van der Waals surface area (Å²) in [6.45, 7) is 2.01. The van der Waals surface area contributed by atoms with Crippen molar-refractivity contribution in [3.8, 4) is 0 Å².